The number of rotatable bonds is 5. The van der Waals surface area contributed by atoms with Gasteiger partial charge in [-0.1, -0.05) is 23.7 Å². The molecule has 154 valence electrons. The summed E-state index contributed by atoms with van der Waals surface area (Å²) >= 11 is 7.18. The number of nitrogens with zero attached hydrogens (tertiary/aromatic N) is 2. The summed E-state index contributed by atoms with van der Waals surface area (Å²) in [5.41, 5.74) is 0.310. The molecule has 1 atom stereocenters. The Bertz CT molecular complexity index is 1290. The van der Waals surface area contributed by atoms with Crippen molar-refractivity contribution in [3.8, 4) is 0 Å². The normalized spacial score (nSPS) is 12.8. The topological polar surface area (TPSA) is 50.3 Å². The van der Waals surface area contributed by atoms with Crippen LogP contribution in [0.5, 0.6) is 0 Å². The SMILES string of the molecule is CC(c1nc2ccccc2s1)N(c1cc(F)ccc1F)S(=O)(=O)c1ccc(Cl)cc1. The molecule has 0 aliphatic heterocycles. The molecule has 3 aromatic carbocycles. The van der Waals surface area contributed by atoms with E-state index in [0.29, 0.717) is 15.5 Å². The largest absolute Gasteiger partial charge is 0.265 e. The molecule has 0 bridgehead atoms. The van der Waals surface area contributed by atoms with Crippen LogP contribution in [-0.2, 0) is 10.0 Å². The molecule has 30 heavy (non-hydrogen) atoms. The Hall–Kier alpha value is -2.55. The molecule has 0 amide bonds. The van der Waals surface area contributed by atoms with Crippen LogP contribution >= 0.6 is 22.9 Å². The lowest BCUT2D eigenvalue weighted by atomic mass is 10.2. The number of aromatic nitrogens is 1. The summed E-state index contributed by atoms with van der Waals surface area (Å²) < 4.78 is 57.4. The van der Waals surface area contributed by atoms with Crippen LogP contribution in [0.1, 0.15) is 18.0 Å². The van der Waals surface area contributed by atoms with Crippen molar-refractivity contribution in [1.29, 1.82) is 0 Å². The highest BCUT2D eigenvalue weighted by Crippen LogP contribution is 2.38. The zero-order valence-electron chi connectivity index (χ0n) is 15.6. The Morgan fingerprint density at radius 1 is 1.03 bits per heavy atom. The fraction of sp³-hybridized carbons (Fsp3) is 0.0952. The summed E-state index contributed by atoms with van der Waals surface area (Å²) in [6.45, 7) is 1.59. The molecule has 0 saturated heterocycles. The predicted molar refractivity (Wildman–Crippen MR) is 116 cm³/mol. The van der Waals surface area contributed by atoms with Gasteiger partial charge in [0.15, 0.2) is 0 Å². The number of anilines is 1. The molecule has 9 heteroatoms. The monoisotopic (exact) mass is 464 g/mol. The lowest BCUT2D eigenvalue weighted by Gasteiger charge is -2.29. The summed E-state index contributed by atoms with van der Waals surface area (Å²) in [6, 6.07) is 14.7. The molecular formula is C21H15ClF2N2O2S2. The van der Waals surface area contributed by atoms with E-state index in [1.54, 1.807) is 6.92 Å². The molecule has 1 aromatic heterocycles. The van der Waals surface area contributed by atoms with Gasteiger partial charge in [0.05, 0.1) is 26.8 Å². The van der Waals surface area contributed by atoms with E-state index in [1.807, 2.05) is 24.3 Å². The highest BCUT2D eigenvalue weighted by Gasteiger charge is 2.34. The molecule has 0 aliphatic rings. The van der Waals surface area contributed by atoms with Gasteiger partial charge < -0.3 is 0 Å². The van der Waals surface area contributed by atoms with Crippen LogP contribution in [0.15, 0.2) is 71.6 Å². The van der Waals surface area contributed by atoms with Gasteiger partial charge in [0.1, 0.15) is 16.6 Å². The van der Waals surface area contributed by atoms with Crippen LogP contribution < -0.4 is 4.31 Å². The molecule has 4 rings (SSSR count). The third-order valence-corrected chi connectivity index (χ3v) is 7.89. The number of hydrogen-bond donors (Lipinski definition) is 0. The smallest absolute Gasteiger partial charge is 0.254 e. The van der Waals surface area contributed by atoms with Gasteiger partial charge in [0.25, 0.3) is 10.0 Å². The summed E-state index contributed by atoms with van der Waals surface area (Å²) in [6.07, 6.45) is 0. The standard InChI is InChI=1S/C21H15ClF2N2O2S2/c1-13(21-25-18-4-2-3-5-20(18)29-21)26(19-12-15(23)8-11-17(19)24)30(27,28)16-9-6-14(22)7-10-16/h2-13H,1H3. The first-order valence-corrected chi connectivity index (χ1v) is 11.5. The molecule has 0 radical (unpaired) electrons. The first-order valence-electron chi connectivity index (χ1n) is 8.88. The summed E-state index contributed by atoms with van der Waals surface area (Å²) in [7, 11) is -4.26. The fourth-order valence-electron chi connectivity index (χ4n) is 3.09. The Labute approximate surface area is 181 Å². The van der Waals surface area contributed by atoms with Crippen LogP contribution in [0.4, 0.5) is 14.5 Å². The van der Waals surface area contributed by atoms with Crippen LogP contribution in [0.2, 0.25) is 5.02 Å². The molecule has 1 unspecified atom stereocenters. The third-order valence-electron chi connectivity index (χ3n) is 4.54. The Balaban J connectivity index is 1.91. The Kier molecular flexibility index (Phi) is 5.48. The highest BCUT2D eigenvalue weighted by atomic mass is 35.5. The van der Waals surface area contributed by atoms with Crippen LogP contribution in [-0.4, -0.2) is 13.4 Å². The summed E-state index contributed by atoms with van der Waals surface area (Å²) in [4.78, 5) is 4.41. The minimum atomic E-state index is -4.26. The zero-order chi connectivity index (χ0) is 21.5. The maximum atomic E-state index is 14.7. The van der Waals surface area contributed by atoms with Gasteiger partial charge in [-0.15, -0.1) is 11.3 Å². The Morgan fingerprint density at radius 3 is 2.43 bits per heavy atom. The number of para-hydroxylation sites is 1. The molecular weight excluding hydrogens is 450 g/mol. The van der Waals surface area contributed by atoms with Gasteiger partial charge in [0.2, 0.25) is 0 Å². The van der Waals surface area contributed by atoms with Gasteiger partial charge in [-0.2, -0.15) is 0 Å². The molecule has 1 heterocycles. The average molecular weight is 465 g/mol. The van der Waals surface area contributed by atoms with E-state index in [1.165, 1.54) is 35.6 Å². The van der Waals surface area contributed by atoms with Crippen LogP contribution in [0.3, 0.4) is 0 Å². The molecule has 4 nitrogen and oxygen atoms in total. The molecule has 4 aromatic rings. The summed E-state index contributed by atoms with van der Waals surface area (Å²) in [5.74, 6) is -1.61. The van der Waals surface area contributed by atoms with Crippen molar-refractivity contribution in [1.82, 2.24) is 4.98 Å². The van der Waals surface area contributed by atoms with Crippen LogP contribution in [0.25, 0.3) is 10.2 Å². The average Bonchev–Trinajstić information content (AvgIpc) is 3.15. The maximum absolute atomic E-state index is 14.7. The maximum Gasteiger partial charge on any atom is 0.265 e. The number of sulfonamides is 1. The van der Waals surface area contributed by atoms with E-state index in [9.17, 15) is 17.2 Å². The van der Waals surface area contributed by atoms with E-state index < -0.39 is 33.4 Å². The first-order chi connectivity index (χ1) is 14.3. The van der Waals surface area contributed by atoms with Crippen molar-refractivity contribution in [3.63, 3.8) is 0 Å². The number of fused-ring (bicyclic) bond motifs is 1. The van der Waals surface area contributed by atoms with Gasteiger partial charge in [-0.05, 0) is 55.5 Å². The second kappa shape index (κ2) is 7.94. The van der Waals surface area contributed by atoms with Crippen molar-refractivity contribution in [3.05, 3.63) is 88.4 Å². The number of benzene rings is 3. The third kappa shape index (κ3) is 3.78. The van der Waals surface area contributed by atoms with Crippen molar-refractivity contribution in [2.45, 2.75) is 17.9 Å². The molecule has 0 aliphatic carbocycles. The zero-order valence-corrected chi connectivity index (χ0v) is 18.0. The lowest BCUT2D eigenvalue weighted by Crippen LogP contribution is -2.34. The van der Waals surface area contributed by atoms with Gasteiger partial charge in [-0.25, -0.2) is 22.2 Å². The number of hydrogen-bond acceptors (Lipinski definition) is 4. The minimum absolute atomic E-state index is 0.0940. The molecule has 0 saturated carbocycles. The second-order valence-electron chi connectivity index (χ2n) is 6.55. The molecule has 0 fully saturated rings. The van der Waals surface area contributed by atoms with Crippen molar-refractivity contribution in [2.24, 2.45) is 0 Å². The van der Waals surface area contributed by atoms with Gasteiger partial charge in [0, 0.05) is 11.1 Å². The van der Waals surface area contributed by atoms with Crippen LogP contribution in [0, 0.1) is 11.6 Å². The second-order valence-corrected chi connectivity index (χ2v) is 9.86. The van der Waals surface area contributed by atoms with Gasteiger partial charge in [-0.3, -0.25) is 4.31 Å². The van der Waals surface area contributed by atoms with E-state index in [4.69, 9.17) is 11.6 Å². The van der Waals surface area contributed by atoms with E-state index in [2.05, 4.69) is 4.98 Å². The first kappa shape index (κ1) is 20.7. The molecule has 0 N–H and O–H groups in total. The Morgan fingerprint density at radius 2 is 1.73 bits per heavy atom. The van der Waals surface area contributed by atoms with Crippen molar-refractivity contribution in [2.75, 3.05) is 4.31 Å². The quantitative estimate of drug-likeness (QED) is 0.354. The summed E-state index contributed by atoms with van der Waals surface area (Å²) in [5, 5.41) is 0.814. The lowest BCUT2D eigenvalue weighted by molar-refractivity contribution is 0.570. The fourth-order valence-corrected chi connectivity index (χ4v) is 5.92. The van der Waals surface area contributed by atoms with Gasteiger partial charge >= 0.3 is 0 Å². The van der Waals surface area contributed by atoms with E-state index in [-0.39, 0.29) is 4.90 Å². The van der Waals surface area contributed by atoms with E-state index >= 15 is 0 Å². The number of halogens is 3. The minimum Gasteiger partial charge on any atom is -0.254 e. The number of thiazole rings is 1. The highest BCUT2D eigenvalue weighted by molar-refractivity contribution is 7.92. The van der Waals surface area contributed by atoms with Crippen molar-refractivity contribution >= 4 is 48.9 Å². The molecule has 0 spiro atoms. The van der Waals surface area contributed by atoms with Crippen molar-refractivity contribution < 1.29 is 17.2 Å². The van der Waals surface area contributed by atoms with E-state index in [0.717, 1.165) is 27.2 Å². The predicted octanol–water partition coefficient (Wildman–Crippen LogP) is 6.18.